The number of Topliss-reactive ketones (excluding diaryl/α,β-unsaturated/α-hetero) is 1. The Bertz CT molecular complexity index is 487. The molecule has 0 atom stereocenters. The third-order valence-corrected chi connectivity index (χ3v) is 2.87. The molecule has 82 valence electrons. The van der Waals surface area contributed by atoms with E-state index in [1.165, 1.54) is 0 Å². The average molecular weight is 226 g/mol. The Kier molecular flexibility index (Phi) is 3.29. The molecule has 1 rings (SSSR count). The number of benzene rings is 1. The molecule has 0 unspecified atom stereocenters. The molecule has 0 saturated carbocycles. The Hall–Kier alpha value is -1.16. The quantitative estimate of drug-likeness (QED) is 0.734. The first-order valence-corrected chi connectivity index (χ1v) is 6.64. The van der Waals surface area contributed by atoms with Crippen LogP contribution in [0.3, 0.4) is 0 Å². The number of carbonyl (C=O) groups excluding carboxylic acids is 1. The van der Waals surface area contributed by atoms with Gasteiger partial charge in [-0.15, -0.1) is 0 Å². The maximum atomic E-state index is 11.7. The van der Waals surface area contributed by atoms with E-state index in [1.807, 2.05) is 19.1 Å². The highest BCUT2D eigenvalue weighted by atomic mass is 32.2. The van der Waals surface area contributed by atoms with Gasteiger partial charge in [0.1, 0.15) is 5.75 Å². The molecule has 0 N–H and O–H groups in total. The molecule has 4 heteroatoms. The van der Waals surface area contributed by atoms with E-state index < -0.39 is 15.6 Å². The van der Waals surface area contributed by atoms with E-state index in [-0.39, 0.29) is 5.78 Å². The summed E-state index contributed by atoms with van der Waals surface area (Å²) in [5.74, 6) is -0.754. The molecule has 0 saturated heterocycles. The zero-order chi connectivity index (χ0) is 11.6. The summed E-state index contributed by atoms with van der Waals surface area (Å²) in [5, 5.41) is 0. The molecular weight excluding hydrogens is 212 g/mol. The third kappa shape index (κ3) is 3.47. The fourth-order valence-electron chi connectivity index (χ4n) is 1.35. The summed E-state index contributed by atoms with van der Waals surface area (Å²) in [6.45, 7) is 3.67. The number of hydrogen-bond donors (Lipinski definition) is 0. The van der Waals surface area contributed by atoms with Crippen LogP contribution in [0, 0.1) is 13.8 Å². The van der Waals surface area contributed by atoms with E-state index in [1.54, 1.807) is 13.0 Å². The lowest BCUT2D eigenvalue weighted by atomic mass is 10.0. The first kappa shape index (κ1) is 11.9. The van der Waals surface area contributed by atoms with E-state index in [0.717, 1.165) is 17.4 Å². The van der Waals surface area contributed by atoms with Gasteiger partial charge in [-0.25, -0.2) is 8.42 Å². The molecule has 3 nitrogen and oxygen atoms in total. The second-order valence-corrected chi connectivity index (χ2v) is 5.95. The number of carbonyl (C=O) groups is 1. The Morgan fingerprint density at radius 1 is 1.27 bits per heavy atom. The molecule has 0 fully saturated rings. The minimum atomic E-state index is -3.25. The van der Waals surface area contributed by atoms with Crippen molar-refractivity contribution in [3.05, 3.63) is 34.9 Å². The summed E-state index contributed by atoms with van der Waals surface area (Å²) in [4.78, 5) is 11.7. The SMILES string of the molecule is Cc1ccc(C)c(C(=O)CS(C)(=O)=O)c1. The first-order chi connectivity index (χ1) is 6.79. The summed E-state index contributed by atoms with van der Waals surface area (Å²) >= 11 is 0. The van der Waals surface area contributed by atoms with Gasteiger partial charge < -0.3 is 0 Å². The second-order valence-electron chi connectivity index (χ2n) is 3.81. The maximum Gasteiger partial charge on any atom is 0.178 e. The van der Waals surface area contributed by atoms with Crippen LogP contribution in [0.15, 0.2) is 18.2 Å². The molecule has 0 aliphatic heterocycles. The van der Waals surface area contributed by atoms with Crippen molar-refractivity contribution in [3.8, 4) is 0 Å². The molecule has 0 aliphatic rings. The van der Waals surface area contributed by atoms with Crippen molar-refractivity contribution in [2.75, 3.05) is 12.0 Å². The van der Waals surface area contributed by atoms with Gasteiger partial charge in [0, 0.05) is 11.8 Å². The minimum Gasteiger partial charge on any atom is -0.293 e. The molecular formula is C11H14O3S. The molecule has 0 aliphatic carbocycles. The summed E-state index contributed by atoms with van der Waals surface area (Å²) in [6, 6.07) is 5.44. The molecule has 0 bridgehead atoms. The van der Waals surface area contributed by atoms with Gasteiger partial charge in [-0.1, -0.05) is 17.7 Å². The van der Waals surface area contributed by atoms with Crippen LogP contribution in [0.1, 0.15) is 21.5 Å². The standard InChI is InChI=1S/C11H14O3S/c1-8-4-5-9(2)10(6-8)11(12)7-15(3,13)14/h4-6H,7H2,1-3H3. The van der Waals surface area contributed by atoms with Crippen molar-refractivity contribution in [3.63, 3.8) is 0 Å². The lowest BCUT2D eigenvalue weighted by molar-refractivity contribution is 0.102. The highest BCUT2D eigenvalue weighted by Crippen LogP contribution is 2.12. The summed E-state index contributed by atoms with van der Waals surface area (Å²) in [5.41, 5.74) is 2.27. The van der Waals surface area contributed by atoms with Crippen molar-refractivity contribution < 1.29 is 13.2 Å². The number of ketones is 1. The van der Waals surface area contributed by atoms with Gasteiger partial charge in [-0.2, -0.15) is 0 Å². The average Bonchev–Trinajstić information content (AvgIpc) is 2.06. The Balaban J connectivity index is 3.06. The fraction of sp³-hybridized carbons (Fsp3) is 0.364. The van der Waals surface area contributed by atoms with Crippen molar-refractivity contribution in [1.29, 1.82) is 0 Å². The van der Waals surface area contributed by atoms with Crippen LogP contribution < -0.4 is 0 Å². The van der Waals surface area contributed by atoms with E-state index in [4.69, 9.17) is 0 Å². The van der Waals surface area contributed by atoms with Crippen LogP contribution in [-0.2, 0) is 9.84 Å². The van der Waals surface area contributed by atoms with Crippen LogP contribution in [0.2, 0.25) is 0 Å². The van der Waals surface area contributed by atoms with Gasteiger partial charge in [0.2, 0.25) is 0 Å². The normalized spacial score (nSPS) is 11.4. The summed E-state index contributed by atoms with van der Waals surface area (Å²) < 4.78 is 22.0. The van der Waals surface area contributed by atoms with E-state index in [2.05, 4.69) is 0 Å². The van der Waals surface area contributed by atoms with Crippen LogP contribution in [-0.4, -0.2) is 26.2 Å². The molecule has 0 heterocycles. The Labute approximate surface area is 90.0 Å². The Morgan fingerprint density at radius 2 is 1.87 bits per heavy atom. The van der Waals surface area contributed by atoms with Crippen molar-refractivity contribution in [2.24, 2.45) is 0 Å². The second kappa shape index (κ2) is 4.14. The van der Waals surface area contributed by atoms with Crippen LogP contribution in [0.5, 0.6) is 0 Å². The molecule has 0 amide bonds. The predicted molar refractivity (Wildman–Crippen MR) is 60.0 cm³/mol. The number of hydrogen-bond acceptors (Lipinski definition) is 3. The lowest BCUT2D eigenvalue weighted by Gasteiger charge is -2.05. The third-order valence-electron chi connectivity index (χ3n) is 2.09. The Morgan fingerprint density at radius 3 is 2.40 bits per heavy atom. The zero-order valence-electron chi connectivity index (χ0n) is 9.07. The molecule has 0 spiro atoms. The maximum absolute atomic E-state index is 11.7. The van der Waals surface area contributed by atoms with Gasteiger partial charge in [0.25, 0.3) is 0 Å². The fourth-order valence-corrected chi connectivity index (χ4v) is 1.98. The van der Waals surface area contributed by atoms with E-state index >= 15 is 0 Å². The van der Waals surface area contributed by atoms with Crippen LogP contribution in [0.4, 0.5) is 0 Å². The van der Waals surface area contributed by atoms with Gasteiger partial charge in [0.15, 0.2) is 15.6 Å². The molecule has 15 heavy (non-hydrogen) atoms. The minimum absolute atomic E-state index is 0.335. The van der Waals surface area contributed by atoms with Gasteiger partial charge >= 0.3 is 0 Å². The number of sulfone groups is 1. The van der Waals surface area contributed by atoms with Gasteiger partial charge in [-0.05, 0) is 25.5 Å². The van der Waals surface area contributed by atoms with E-state index in [0.29, 0.717) is 5.56 Å². The molecule has 1 aromatic rings. The topological polar surface area (TPSA) is 51.2 Å². The van der Waals surface area contributed by atoms with Crippen LogP contribution >= 0.6 is 0 Å². The smallest absolute Gasteiger partial charge is 0.178 e. The number of rotatable bonds is 3. The summed E-state index contributed by atoms with van der Waals surface area (Å²) in [6.07, 6.45) is 1.07. The monoisotopic (exact) mass is 226 g/mol. The predicted octanol–water partition coefficient (Wildman–Crippen LogP) is 1.53. The van der Waals surface area contributed by atoms with Crippen molar-refractivity contribution >= 4 is 15.6 Å². The van der Waals surface area contributed by atoms with E-state index in [9.17, 15) is 13.2 Å². The zero-order valence-corrected chi connectivity index (χ0v) is 9.89. The van der Waals surface area contributed by atoms with Crippen LogP contribution in [0.25, 0.3) is 0 Å². The largest absolute Gasteiger partial charge is 0.293 e. The highest BCUT2D eigenvalue weighted by molar-refractivity contribution is 7.91. The summed E-state index contributed by atoms with van der Waals surface area (Å²) in [7, 11) is -3.25. The highest BCUT2D eigenvalue weighted by Gasteiger charge is 2.14. The number of aryl methyl sites for hydroxylation is 2. The van der Waals surface area contributed by atoms with Gasteiger partial charge in [-0.3, -0.25) is 4.79 Å². The first-order valence-electron chi connectivity index (χ1n) is 4.58. The van der Waals surface area contributed by atoms with Gasteiger partial charge in [0.05, 0.1) is 0 Å². The molecule has 0 radical (unpaired) electrons. The van der Waals surface area contributed by atoms with Crippen molar-refractivity contribution in [2.45, 2.75) is 13.8 Å². The molecule has 0 aromatic heterocycles. The van der Waals surface area contributed by atoms with Crippen molar-refractivity contribution in [1.82, 2.24) is 0 Å². The lowest BCUT2D eigenvalue weighted by Crippen LogP contribution is -2.15. The molecule has 1 aromatic carbocycles.